The van der Waals surface area contributed by atoms with Gasteiger partial charge in [0.05, 0.1) is 0 Å². The van der Waals surface area contributed by atoms with Crippen LogP contribution in [0.1, 0.15) is 40.3 Å². The lowest BCUT2D eigenvalue weighted by Gasteiger charge is -2.05. The molecule has 0 spiro atoms. The second-order valence-electron chi connectivity index (χ2n) is 8.23. The number of aromatic nitrogens is 4. The minimum atomic E-state index is 0.831. The Morgan fingerprint density at radius 2 is 1.80 bits per heavy atom. The predicted molar refractivity (Wildman–Crippen MR) is 123 cm³/mol. The molecular formula is C26H26N4. The van der Waals surface area contributed by atoms with Crippen LogP contribution in [-0.2, 0) is 19.3 Å². The summed E-state index contributed by atoms with van der Waals surface area (Å²) in [5.41, 5.74) is 8.62. The Hall–Kier alpha value is -3.40. The number of H-pyrrole nitrogens is 2. The molecule has 0 unspecified atom stereocenters. The average molecular weight is 395 g/mol. The van der Waals surface area contributed by atoms with Gasteiger partial charge in [0.15, 0.2) is 0 Å². The third kappa shape index (κ3) is 3.86. The standard InChI is InChI=1S/C26H26N4/c1-17-6-8-25-23(12-17)20(16-28-25)4-3-5-26-27-11-10-22(30-26)15-19-7-9-24-21(14-19)13-18(2)29-24/h6-14,16,28-29H,3-5,15H2,1-2H3. The van der Waals surface area contributed by atoms with Gasteiger partial charge in [-0.3, -0.25) is 0 Å². The van der Waals surface area contributed by atoms with Crippen molar-refractivity contribution in [1.82, 2.24) is 19.9 Å². The topological polar surface area (TPSA) is 57.4 Å². The monoisotopic (exact) mass is 394 g/mol. The third-order valence-electron chi connectivity index (χ3n) is 5.74. The molecule has 0 aliphatic rings. The van der Waals surface area contributed by atoms with Crippen LogP contribution in [0.2, 0.25) is 0 Å². The molecule has 0 bridgehead atoms. The fourth-order valence-electron chi connectivity index (χ4n) is 4.24. The van der Waals surface area contributed by atoms with Gasteiger partial charge in [0, 0.05) is 53.0 Å². The number of nitrogens with zero attached hydrogens (tertiary/aromatic N) is 2. The normalized spacial score (nSPS) is 11.5. The summed E-state index contributed by atoms with van der Waals surface area (Å²) in [6.45, 7) is 4.23. The van der Waals surface area contributed by atoms with Crippen LogP contribution in [0.15, 0.2) is 60.9 Å². The number of nitrogens with one attached hydrogen (secondary N) is 2. The Kier molecular flexibility index (Phi) is 4.83. The SMILES string of the molecule is Cc1ccc2[nH]cc(CCCc3nccc(Cc4ccc5[nH]c(C)cc5c4)n3)c2c1. The van der Waals surface area contributed by atoms with Crippen LogP contribution < -0.4 is 0 Å². The van der Waals surface area contributed by atoms with Gasteiger partial charge in [0.2, 0.25) is 0 Å². The molecule has 150 valence electrons. The highest BCUT2D eigenvalue weighted by molar-refractivity contribution is 5.84. The van der Waals surface area contributed by atoms with Crippen molar-refractivity contribution in [2.24, 2.45) is 0 Å². The highest BCUT2D eigenvalue weighted by Gasteiger charge is 2.07. The van der Waals surface area contributed by atoms with E-state index in [1.54, 1.807) is 0 Å². The summed E-state index contributed by atoms with van der Waals surface area (Å²) in [6, 6.07) is 17.4. The summed E-state index contributed by atoms with van der Waals surface area (Å²) in [5.74, 6) is 0.932. The van der Waals surface area contributed by atoms with Crippen LogP contribution in [-0.4, -0.2) is 19.9 Å². The smallest absolute Gasteiger partial charge is 0.128 e. The summed E-state index contributed by atoms with van der Waals surface area (Å²) in [5, 5.41) is 2.59. The highest BCUT2D eigenvalue weighted by atomic mass is 14.9. The van der Waals surface area contributed by atoms with E-state index in [1.165, 1.54) is 44.2 Å². The molecule has 0 fully saturated rings. The fraction of sp³-hybridized carbons (Fsp3) is 0.231. The molecule has 5 aromatic rings. The molecule has 0 aliphatic carbocycles. The lowest BCUT2D eigenvalue weighted by molar-refractivity contribution is 0.764. The first kappa shape index (κ1) is 18.6. The van der Waals surface area contributed by atoms with Gasteiger partial charge in [0.25, 0.3) is 0 Å². The molecule has 4 nitrogen and oxygen atoms in total. The number of aromatic amines is 2. The van der Waals surface area contributed by atoms with E-state index >= 15 is 0 Å². The van der Waals surface area contributed by atoms with Gasteiger partial charge in [-0.15, -0.1) is 0 Å². The molecule has 5 rings (SSSR count). The minimum Gasteiger partial charge on any atom is -0.361 e. The predicted octanol–water partition coefficient (Wildman–Crippen LogP) is 5.82. The molecule has 0 atom stereocenters. The highest BCUT2D eigenvalue weighted by Crippen LogP contribution is 2.22. The molecule has 3 heterocycles. The molecule has 2 N–H and O–H groups in total. The quantitative estimate of drug-likeness (QED) is 0.381. The maximum atomic E-state index is 4.82. The molecule has 30 heavy (non-hydrogen) atoms. The van der Waals surface area contributed by atoms with E-state index in [4.69, 9.17) is 4.98 Å². The van der Waals surface area contributed by atoms with Gasteiger partial charge in [-0.2, -0.15) is 0 Å². The van der Waals surface area contributed by atoms with Crippen LogP contribution in [0, 0.1) is 13.8 Å². The number of hydrogen-bond donors (Lipinski definition) is 2. The first-order valence-electron chi connectivity index (χ1n) is 10.6. The third-order valence-corrected chi connectivity index (χ3v) is 5.74. The molecule has 0 saturated carbocycles. The van der Waals surface area contributed by atoms with Crippen molar-refractivity contribution in [2.75, 3.05) is 0 Å². The number of fused-ring (bicyclic) bond motifs is 2. The maximum absolute atomic E-state index is 4.82. The first-order valence-corrected chi connectivity index (χ1v) is 10.6. The molecule has 2 aromatic carbocycles. The van der Waals surface area contributed by atoms with Crippen LogP contribution in [0.4, 0.5) is 0 Å². The summed E-state index contributed by atoms with van der Waals surface area (Å²) in [4.78, 5) is 16.1. The lowest BCUT2D eigenvalue weighted by Crippen LogP contribution is -2.01. The van der Waals surface area contributed by atoms with Gasteiger partial charge in [-0.05, 0) is 79.6 Å². The van der Waals surface area contributed by atoms with Crippen LogP contribution in [0.25, 0.3) is 21.8 Å². The van der Waals surface area contributed by atoms with Crippen molar-refractivity contribution in [3.63, 3.8) is 0 Å². The van der Waals surface area contributed by atoms with E-state index in [-0.39, 0.29) is 0 Å². The zero-order chi connectivity index (χ0) is 20.5. The number of rotatable bonds is 6. The van der Waals surface area contributed by atoms with E-state index in [9.17, 15) is 0 Å². The van der Waals surface area contributed by atoms with E-state index < -0.39 is 0 Å². The van der Waals surface area contributed by atoms with Crippen molar-refractivity contribution in [3.8, 4) is 0 Å². The van der Waals surface area contributed by atoms with Crippen LogP contribution >= 0.6 is 0 Å². The number of hydrogen-bond acceptors (Lipinski definition) is 2. The van der Waals surface area contributed by atoms with Gasteiger partial charge in [-0.25, -0.2) is 9.97 Å². The summed E-state index contributed by atoms with van der Waals surface area (Å²) in [6.07, 6.45) is 7.82. The van der Waals surface area contributed by atoms with Crippen molar-refractivity contribution in [3.05, 3.63) is 94.8 Å². The molecule has 0 saturated heterocycles. The van der Waals surface area contributed by atoms with Crippen molar-refractivity contribution >= 4 is 21.8 Å². The summed E-state index contributed by atoms with van der Waals surface area (Å²) < 4.78 is 0. The second kappa shape index (κ2) is 7.79. The molecule has 0 aliphatic heterocycles. The summed E-state index contributed by atoms with van der Waals surface area (Å²) >= 11 is 0. The maximum Gasteiger partial charge on any atom is 0.128 e. The Morgan fingerprint density at radius 1 is 0.900 bits per heavy atom. The minimum absolute atomic E-state index is 0.831. The molecule has 0 amide bonds. The van der Waals surface area contributed by atoms with Gasteiger partial charge in [-0.1, -0.05) is 17.7 Å². The molecule has 0 radical (unpaired) electrons. The van der Waals surface area contributed by atoms with Crippen molar-refractivity contribution < 1.29 is 0 Å². The molecule has 3 aromatic heterocycles. The van der Waals surface area contributed by atoms with E-state index in [0.29, 0.717) is 0 Å². The van der Waals surface area contributed by atoms with Crippen molar-refractivity contribution in [2.45, 2.75) is 39.5 Å². The average Bonchev–Trinajstić information content (AvgIpc) is 3.30. The van der Waals surface area contributed by atoms with E-state index in [2.05, 4.69) is 77.5 Å². The number of benzene rings is 2. The Morgan fingerprint density at radius 3 is 2.73 bits per heavy atom. The second-order valence-corrected chi connectivity index (χ2v) is 8.23. The first-order chi connectivity index (χ1) is 14.6. The number of aryl methyl sites for hydroxylation is 4. The summed E-state index contributed by atoms with van der Waals surface area (Å²) in [7, 11) is 0. The largest absolute Gasteiger partial charge is 0.361 e. The lowest BCUT2D eigenvalue weighted by atomic mass is 10.0. The van der Waals surface area contributed by atoms with Crippen LogP contribution in [0.5, 0.6) is 0 Å². The Balaban J connectivity index is 1.25. The van der Waals surface area contributed by atoms with Gasteiger partial charge < -0.3 is 9.97 Å². The van der Waals surface area contributed by atoms with Gasteiger partial charge in [0.1, 0.15) is 5.82 Å². The zero-order valence-electron chi connectivity index (χ0n) is 17.5. The molecular weight excluding hydrogens is 368 g/mol. The molecule has 4 heteroatoms. The Bertz CT molecular complexity index is 1330. The Labute approximate surface area is 176 Å². The zero-order valence-corrected chi connectivity index (χ0v) is 17.5. The van der Waals surface area contributed by atoms with Gasteiger partial charge >= 0.3 is 0 Å². The van der Waals surface area contributed by atoms with E-state index in [1.807, 2.05) is 12.3 Å². The van der Waals surface area contributed by atoms with Crippen molar-refractivity contribution in [1.29, 1.82) is 0 Å². The van der Waals surface area contributed by atoms with Crippen LogP contribution in [0.3, 0.4) is 0 Å². The fourth-order valence-corrected chi connectivity index (χ4v) is 4.24. The van der Waals surface area contributed by atoms with E-state index in [0.717, 1.165) is 37.2 Å².